The molecule has 118 valence electrons. The molecule has 0 radical (unpaired) electrons. The highest BCUT2D eigenvalue weighted by Gasteiger charge is 2.53. The number of carbonyl (C=O) groups is 1. The second-order valence-electron chi connectivity index (χ2n) is 6.36. The van der Waals surface area contributed by atoms with Crippen LogP contribution in [0.5, 0.6) is 0 Å². The highest BCUT2D eigenvalue weighted by molar-refractivity contribution is 7.90. The van der Waals surface area contributed by atoms with E-state index in [2.05, 4.69) is 4.98 Å². The van der Waals surface area contributed by atoms with Crippen molar-refractivity contribution >= 4 is 15.9 Å². The topological polar surface area (TPSA) is 70.6 Å². The Bertz CT molecular complexity index is 687. The van der Waals surface area contributed by atoms with Gasteiger partial charge in [0, 0.05) is 31.9 Å². The van der Waals surface area contributed by atoms with Gasteiger partial charge < -0.3 is 4.90 Å². The number of carbonyl (C=O) groups excluding carboxylic acids is 1. The SMILES string of the molecule is O=C1C[C@@H]2[C@H](CCN2S(=O)(=O)C2CC2)N1Cc1ccncc1. The molecule has 2 atom stereocenters. The summed E-state index contributed by atoms with van der Waals surface area (Å²) in [5.41, 5.74) is 1.03. The molecule has 0 spiro atoms. The molecule has 4 rings (SSSR count). The smallest absolute Gasteiger partial charge is 0.224 e. The summed E-state index contributed by atoms with van der Waals surface area (Å²) in [7, 11) is -3.19. The van der Waals surface area contributed by atoms with E-state index in [0.717, 1.165) is 24.8 Å². The number of nitrogens with zero attached hydrogens (tertiary/aromatic N) is 3. The van der Waals surface area contributed by atoms with Gasteiger partial charge in [-0.05, 0) is 37.0 Å². The van der Waals surface area contributed by atoms with Crippen molar-refractivity contribution in [3.63, 3.8) is 0 Å². The normalized spacial score (nSPS) is 29.1. The second-order valence-corrected chi connectivity index (χ2v) is 8.53. The largest absolute Gasteiger partial charge is 0.334 e. The van der Waals surface area contributed by atoms with Gasteiger partial charge in [-0.25, -0.2) is 8.42 Å². The summed E-state index contributed by atoms with van der Waals surface area (Å²) in [5, 5.41) is -0.199. The van der Waals surface area contributed by atoms with E-state index < -0.39 is 10.0 Å². The lowest BCUT2D eigenvalue weighted by molar-refractivity contribution is -0.129. The van der Waals surface area contributed by atoms with E-state index in [-0.39, 0.29) is 23.2 Å². The number of likely N-dealkylation sites (tertiary alicyclic amines) is 1. The summed E-state index contributed by atoms with van der Waals surface area (Å²) in [6, 6.07) is 3.65. The predicted octanol–water partition coefficient (Wildman–Crippen LogP) is 0.749. The molecule has 1 aromatic heterocycles. The van der Waals surface area contributed by atoms with Crippen LogP contribution in [-0.2, 0) is 21.4 Å². The number of sulfonamides is 1. The fourth-order valence-electron chi connectivity index (χ4n) is 3.66. The van der Waals surface area contributed by atoms with Crippen LogP contribution in [0.2, 0.25) is 0 Å². The minimum absolute atomic E-state index is 0.0224. The zero-order valence-corrected chi connectivity index (χ0v) is 13.1. The third-order valence-electron chi connectivity index (χ3n) is 4.94. The van der Waals surface area contributed by atoms with Crippen molar-refractivity contribution in [3.8, 4) is 0 Å². The van der Waals surface area contributed by atoms with Gasteiger partial charge in [-0.15, -0.1) is 0 Å². The van der Waals surface area contributed by atoms with Gasteiger partial charge in [0.1, 0.15) is 0 Å². The maximum Gasteiger partial charge on any atom is 0.224 e. The van der Waals surface area contributed by atoms with Crippen LogP contribution < -0.4 is 0 Å². The van der Waals surface area contributed by atoms with Crippen molar-refractivity contribution in [2.45, 2.75) is 49.6 Å². The number of fused-ring (bicyclic) bond motifs is 1. The average Bonchev–Trinajstić information content (AvgIpc) is 3.22. The molecule has 22 heavy (non-hydrogen) atoms. The first-order chi connectivity index (χ1) is 10.6. The maximum atomic E-state index is 12.5. The molecule has 3 aliphatic rings. The lowest BCUT2D eigenvalue weighted by Crippen LogP contribution is -2.41. The van der Waals surface area contributed by atoms with Gasteiger partial charge >= 0.3 is 0 Å². The standard InChI is InChI=1S/C15H19N3O3S/c19-15-9-14-13(17(15)10-11-3-6-16-7-4-11)5-8-18(14)22(20,21)12-1-2-12/h3-4,6-7,12-14H,1-2,5,8-10H2/t13-,14+/m0/s1. The third kappa shape index (κ3) is 2.23. The molecule has 0 bridgehead atoms. The summed E-state index contributed by atoms with van der Waals surface area (Å²) in [5.74, 6) is 0.0579. The summed E-state index contributed by atoms with van der Waals surface area (Å²) < 4.78 is 26.6. The van der Waals surface area contributed by atoms with Crippen LogP contribution in [0.15, 0.2) is 24.5 Å². The van der Waals surface area contributed by atoms with Gasteiger partial charge in [0.25, 0.3) is 0 Å². The van der Waals surface area contributed by atoms with E-state index in [1.54, 1.807) is 16.7 Å². The number of amides is 1. The van der Waals surface area contributed by atoms with Crippen molar-refractivity contribution in [2.24, 2.45) is 0 Å². The van der Waals surface area contributed by atoms with Gasteiger partial charge in [0.05, 0.1) is 17.3 Å². The average molecular weight is 321 g/mol. The monoisotopic (exact) mass is 321 g/mol. The molecular formula is C15H19N3O3S. The van der Waals surface area contributed by atoms with Crippen LogP contribution in [0.1, 0.15) is 31.2 Å². The zero-order valence-electron chi connectivity index (χ0n) is 12.3. The Morgan fingerprint density at radius 1 is 1.14 bits per heavy atom. The second kappa shape index (κ2) is 5.03. The Balaban J connectivity index is 1.54. The predicted molar refractivity (Wildman–Crippen MR) is 80.2 cm³/mol. The van der Waals surface area contributed by atoms with E-state index >= 15 is 0 Å². The molecule has 3 heterocycles. The molecule has 2 saturated heterocycles. The quantitative estimate of drug-likeness (QED) is 0.820. The summed E-state index contributed by atoms with van der Waals surface area (Å²) >= 11 is 0. The molecule has 0 N–H and O–H groups in total. The molecule has 2 aliphatic heterocycles. The first-order valence-corrected chi connectivity index (χ1v) is 9.27. The minimum atomic E-state index is -3.19. The van der Waals surface area contributed by atoms with E-state index in [4.69, 9.17) is 0 Å². The van der Waals surface area contributed by atoms with Crippen LogP contribution in [0.3, 0.4) is 0 Å². The first-order valence-electron chi connectivity index (χ1n) is 7.76. The fraction of sp³-hybridized carbons (Fsp3) is 0.600. The van der Waals surface area contributed by atoms with E-state index in [1.807, 2.05) is 17.0 Å². The van der Waals surface area contributed by atoms with Crippen LogP contribution in [0, 0.1) is 0 Å². The van der Waals surface area contributed by atoms with Crippen LogP contribution in [-0.4, -0.2) is 52.4 Å². The molecule has 1 amide bonds. The molecule has 7 heteroatoms. The molecule has 0 aromatic carbocycles. The number of hydrogen-bond acceptors (Lipinski definition) is 4. The maximum absolute atomic E-state index is 12.5. The van der Waals surface area contributed by atoms with Gasteiger partial charge in [-0.2, -0.15) is 4.31 Å². The Morgan fingerprint density at radius 2 is 1.86 bits per heavy atom. The third-order valence-corrected chi connectivity index (χ3v) is 7.36. The van der Waals surface area contributed by atoms with Crippen molar-refractivity contribution in [2.75, 3.05) is 6.54 Å². The molecule has 1 aromatic rings. The number of hydrogen-bond donors (Lipinski definition) is 0. The zero-order chi connectivity index (χ0) is 15.3. The Hall–Kier alpha value is -1.47. The fourth-order valence-corrected chi connectivity index (χ4v) is 5.72. The Labute approximate surface area is 130 Å². The Morgan fingerprint density at radius 3 is 2.55 bits per heavy atom. The summed E-state index contributed by atoms with van der Waals surface area (Å²) in [6.07, 6.45) is 6.03. The van der Waals surface area contributed by atoms with E-state index in [9.17, 15) is 13.2 Å². The molecule has 1 saturated carbocycles. The number of aromatic nitrogens is 1. The lowest BCUT2D eigenvalue weighted by atomic mass is 10.1. The van der Waals surface area contributed by atoms with E-state index in [1.165, 1.54) is 0 Å². The van der Waals surface area contributed by atoms with Crippen molar-refractivity contribution in [1.29, 1.82) is 0 Å². The molecular weight excluding hydrogens is 302 g/mol. The first kappa shape index (κ1) is 14.1. The van der Waals surface area contributed by atoms with Crippen LogP contribution >= 0.6 is 0 Å². The molecule has 1 aliphatic carbocycles. The van der Waals surface area contributed by atoms with E-state index in [0.29, 0.717) is 19.5 Å². The van der Waals surface area contributed by atoms with Crippen molar-refractivity contribution < 1.29 is 13.2 Å². The highest BCUT2D eigenvalue weighted by atomic mass is 32.2. The van der Waals surface area contributed by atoms with Crippen LogP contribution in [0.25, 0.3) is 0 Å². The minimum Gasteiger partial charge on any atom is -0.334 e. The highest BCUT2D eigenvalue weighted by Crippen LogP contribution is 2.40. The van der Waals surface area contributed by atoms with Crippen LogP contribution in [0.4, 0.5) is 0 Å². The molecule has 6 nitrogen and oxygen atoms in total. The van der Waals surface area contributed by atoms with Gasteiger partial charge in [0.2, 0.25) is 15.9 Å². The van der Waals surface area contributed by atoms with Crippen molar-refractivity contribution in [3.05, 3.63) is 30.1 Å². The van der Waals surface area contributed by atoms with Gasteiger partial charge in [-0.1, -0.05) is 0 Å². The molecule has 0 unspecified atom stereocenters. The lowest BCUT2D eigenvalue weighted by Gasteiger charge is -2.25. The number of pyridine rings is 1. The summed E-state index contributed by atoms with van der Waals surface area (Å²) in [6.45, 7) is 1.09. The van der Waals surface area contributed by atoms with Crippen molar-refractivity contribution in [1.82, 2.24) is 14.2 Å². The van der Waals surface area contributed by atoms with Gasteiger partial charge in [0.15, 0.2) is 0 Å². The van der Waals surface area contributed by atoms with Gasteiger partial charge in [-0.3, -0.25) is 9.78 Å². The Kier molecular flexibility index (Phi) is 3.23. The summed E-state index contributed by atoms with van der Waals surface area (Å²) in [4.78, 5) is 18.2. The molecule has 3 fully saturated rings. The number of rotatable bonds is 4.